The second-order valence-corrected chi connectivity index (χ2v) is 9.46. The Hall–Kier alpha value is -2.44. The van der Waals surface area contributed by atoms with Gasteiger partial charge in [-0.15, -0.1) is 0 Å². The van der Waals surface area contributed by atoms with Gasteiger partial charge in [-0.05, 0) is 50.5 Å². The lowest BCUT2D eigenvalue weighted by Crippen LogP contribution is -2.35. The molecule has 4 rings (SSSR count). The van der Waals surface area contributed by atoms with Crippen molar-refractivity contribution in [1.29, 1.82) is 0 Å². The molecule has 0 radical (unpaired) electrons. The largest absolute Gasteiger partial charge is 0.354 e. The maximum atomic E-state index is 13.0. The third-order valence-corrected chi connectivity index (χ3v) is 7.43. The number of hydrogen-bond donors (Lipinski definition) is 1. The first kappa shape index (κ1) is 18.9. The van der Waals surface area contributed by atoms with Crippen LogP contribution in [0, 0.1) is 13.8 Å². The number of H-pyrrole nitrogens is 1. The van der Waals surface area contributed by atoms with Crippen LogP contribution in [0.3, 0.4) is 0 Å². The number of aldehydes is 1. The minimum atomic E-state index is -3.54. The number of aromatic nitrogens is 1. The zero-order valence-corrected chi connectivity index (χ0v) is 17.0. The van der Waals surface area contributed by atoms with Gasteiger partial charge in [0.15, 0.2) is 6.29 Å². The van der Waals surface area contributed by atoms with Crippen LogP contribution >= 0.6 is 0 Å². The molecule has 146 valence electrons. The molecule has 28 heavy (non-hydrogen) atoms. The quantitative estimate of drug-likeness (QED) is 0.663. The number of piperidine rings is 1. The molecule has 5 nitrogen and oxygen atoms in total. The van der Waals surface area contributed by atoms with Gasteiger partial charge >= 0.3 is 0 Å². The molecule has 0 saturated carbocycles. The Labute approximate surface area is 165 Å². The number of sulfonamides is 1. The minimum absolute atomic E-state index is 0.246. The zero-order chi connectivity index (χ0) is 19.9. The third-order valence-electron chi connectivity index (χ3n) is 5.53. The molecule has 0 bridgehead atoms. The van der Waals surface area contributed by atoms with Gasteiger partial charge in [0.1, 0.15) is 0 Å². The van der Waals surface area contributed by atoms with Gasteiger partial charge in [-0.2, -0.15) is 4.31 Å². The van der Waals surface area contributed by atoms with E-state index in [1.165, 1.54) is 0 Å². The van der Waals surface area contributed by atoms with Crippen LogP contribution < -0.4 is 0 Å². The number of nitrogens with one attached hydrogen (secondary N) is 1. The number of nitrogens with zero attached hydrogens (tertiary/aromatic N) is 1. The van der Waals surface area contributed by atoms with Crippen molar-refractivity contribution in [1.82, 2.24) is 9.29 Å². The smallest absolute Gasteiger partial charge is 0.243 e. The highest BCUT2D eigenvalue weighted by atomic mass is 32.2. The van der Waals surface area contributed by atoms with E-state index in [1.54, 1.807) is 22.5 Å². The first-order valence-electron chi connectivity index (χ1n) is 9.60. The summed E-state index contributed by atoms with van der Waals surface area (Å²) >= 11 is 0. The van der Waals surface area contributed by atoms with E-state index in [0.29, 0.717) is 24.0 Å². The zero-order valence-electron chi connectivity index (χ0n) is 16.2. The predicted octanol–water partition coefficient (Wildman–Crippen LogP) is 4.44. The van der Waals surface area contributed by atoms with Gasteiger partial charge in [0, 0.05) is 35.1 Å². The van der Waals surface area contributed by atoms with Crippen LogP contribution in [0.15, 0.2) is 41.3 Å². The Morgan fingerprint density at radius 2 is 1.75 bits per heavy atom. The molecule has 0 aliphatic carbocycles. The van der Waals surface area contributed by atoms with Crippen LogP contribution in [-0.2, 0) is 10.0 Å². The summed E-state index contributed by atoms with van der Waals surface area (Å²) in [5, 5.41) is 0.642. The first-order chi connectivity index (χ1) is 13.4. The lowest BCUT2D eigenvalue weighted by atomic mass is 10.00. The Kier molecular flexibility index (Phi) is 4.85. The van der Waals surface area contributed by atoms with E-state index in [1.807, 2.05) is 26.0 Å². The van der Waals surface area contributed by atoms with Crippen LogP contribution in [0.1, 0.15) is 40.7 Å². The Morgan fingerprint density at radius 3 is 2.43 bits per heavy atom. The predicted molar refractivity (Wildman–Crippen MR) is 111 cm³/mol. The van der Waals surface area contributed by atoms with Crippen LogP contribution in [0.2, 0.25) is 0 Å². The lowest BCUT2D eigenvalue weighted by Gasteiger charge is -2.25. The fourth-order valence-electron chi connectivity index (χ4n) is 4.04. The van der Waals surface area contributed by atoms with E-state index in [0.717, 1.165) is 53.4 Å². The molecular formula is C22H24N2O3S. The average Bonchev–Trinajstić information content (AvgIpc) is 3.06. The molecule has 1 fully saturated rings. The number of rotatable bonds is 4. The van der Waals surface area contributed by atoms with Crippen molar-refractivity contribution >= 4 is 27.2 Å². The molecule has 2 aromatic carbocycles. The van der Waals surface area contributed by atoms with Gasteiger partial charge < -0.3 is 4.98 Å². The fraction of sp³-hybridized carbons (Fsp3) is 0.318. The molecule has 0 atom stereocenters. The summed E-state index contributed by atoms with van der Waals surface area (Å²) in [6.45, 7) is 5.15. The summed E-state index contributed by atoms with van der Waals surface area (Å²) in [6.07, 6.45) is 3.66. The second-order valence-electron chi connectivity index (χ2n) is 7.52. The van der Waals surface area contributed by atoms with Gasteiger partial charge in [0.05, 0.1) is 10.6 Å². The number of hydrogen-bond acceptors (Lipinski definition) is 3. The van der Waals surface area contributed by atoms with Crippen molar-refractivity contribution < 1.29 is 13.2 Å². The van der Waals surface area contributed by atoms with Gasteiger partial charge in [-0.1, -0.05) is 30.2 Å². The molecule has 1 aromatic heterocycles. The maximum absolute atomic E-state index is 13.0. The monoisotopic (exact) mass is 396 g/mol. The maximum Gasteiger partial charge on any atom is 0.243 e. The van der Waals surface area contributed by atoms with Crippen LogP contribution in [0.4, 0.5) is 0 Å². The molecule has 1 aliphatic heterocycles. The Morgan fingerprint density at radius 1 is 1.00 bits per heavy atom. The van der Waals surface area contributed by atoms with Gasteiger partial charge in [0.2, 0.25) is 10.0 Å². The molecule has 1 N–H and O–H groups in total. The first-order valence-corrected chi connectivity index (χ1v) is 11.0. The standard InChI is InChI=1S/C22H24N2O3S/c1-15-6-8-18(16(2)12-15)22-20(14-25)19-13-17(7-9-21(19)23-22)28(26,27)24-10-4-3-5-11-24/h6-9,12-14,23H,3-5,10-11H2,1-2H3. The van der Waals surface area contributed by atoms with E-state index >= 15 is 0 Å². The van der Waals surface area contributed by atoms with Crippen molar-refractivity contribution in [3.8, 4) is 11.3 Å². The summed E-state index contributed by atoms with van der Waals surface area (Å²) in [5.74, 6) is 0. The number of aryl methyl sites for hydroxylation is 2. The molecular weight excluding hydrogens is 372 g/mol. The van der Waals surface area contributed by atoms with E-state index in [4.69, 9.17) is 0 Å². The van der Waals surface area contributed by atoms with E-state index in [9.17, 15) is 13.2 Å². The lowest BCUT2D eigenvalue weighted by molar-refractivity contribution is 0.112. The highest BCUT2D eigenvalue weighted by Gasteiger charge is 2.27. The minimum Gasteiger partial charge on any atom is -0.354 e. The van der Waals surface area contributed by atoms with E-state index in [2.05, 4.69) is 11.1 Å². The molecule has 0 spiro atoms. The molecule has 0 unspecified atom stereocenters. The summed E-state index contributed by atoms with van der Waals surface area (Å²) in [5.41, 5.74) is 5.16. The summed E-state index contributed by atoms with van der Waals surface area (Å²) in [7, 11) is -3.54. The number of carbonyl (C=O) groups is 1. The molecule has 1 saturated heterocycles. The molecule has 2 heterocycles. The normalized spacial score (nSPS) is 15.8. The topological polar surface area (TPSA) is 70.2 Å². The van der Waals surface area contributed by atoms with Crippen molar-refractivity contribution in [2.24, 2.45) is 0 Å². The van der Waals surface area contributed by atoms with E-state index < -0.39 is 10.0 Å². The number of aromatic amines is 1. The van der Waals surface area contributed by atoms with Crippen molar-refractivity contribution in [2.75, 3.05) is 13.1 Å². The Bertz CT molecular complexity index is 1160. The van der Waals surface area contributed by atoms with Gasteiger partial charge in [-0.25, -0.2) is 8.42 Å². The van der Waals surface area contributed by atoms with Crippen molar-refractivity contribution in [3.63, 3.8) is 0 Å². The third kappa shape index (κ3) is 3.16. The van der Waals surface area contributed by atoms with Gasteiger partial charge in [0.25, 0.3) is 0 Å². The highest BCUT2D eigenvalue weighted by molar-refractivity contribution is 7.89. The van der Waals surface area contributed by atoms with E-state index in [-0.39, 0.29) is 4.90 Å². The highest BCUT2D eigenvalue weighted by Crippen LogP contribution is 2.33. The number of benzene rings is 2. The van der Waals surface area contributed by atoms with Crippen molar-refractivity contribution in [3.05, 3.63) is 53.1 Å². The van der Waals surface area contributed by atoms with Crippen LogP contribution in [-0.4, -0.2) is 37.1 Å². The fourth-order valence-corrected chi connectivity index (χ4v) is 5.58. The average molecular weight is 397 g/mol. The van der Waals surface area contributed by atoms with Crippen LogP contribution in [0.5, 0.6) is 0 Å². The number of carbonyl (C=O) groups excluding carboxylic acids is 1. The summed E-state index contributed by atoms with van der Waals surface area (Å²) in [6, 6.07) is 11.1. The molecule has 0 amide bonds. The summed E-state index contributed by atoms with van der Waals surface area (Å²) in [4.78, 5) is 15.5. The van der Waals surface area contributed by atoms with Gasteiger partial charge in [-0.3, -0.25) is 4.79 Å². The summed E-state index contributed by atoms with van der Waals surface area (Å²) < 4.78 is 27.6. The molecule has 1 aliphatic rings. The van der Waals surface area contributed by atoms with Crippen LogP contribution in [0.25, 0.3) is 22.2 Å². The number of fused-ring (bicyclic) bond motifs is 1. The second kappa shape index (κ2) is 7.18. The molecule has 3 aromatic rings. The Balaban J connectivity index is 1.85. The molecule has 6 heteroatoms. The SMILES string of the molecule is Cc1ccc(-c2[nH]c3ccc(S(=O)(=O)N4CCCCC4)cc3c2C=O)c(C)c1. The van der Waals surface area contributed by atoms with Crippen molar-refractivity contribution in [2.45, 2.75) is 38.0 Å².